The average molecular weight is 294 g/mol. The molecule has 0 saturated heterocycles. The Morgan fingerprint density at radius 2 is 1.94 bits per heavy atom. The van der Waals surface area contributed by atoms with Gasteiger partial charge in [0, 0.05) is 18.6 Å². The van der Waals surface area contributed by atoms with E-state index >= 15 is 0 Å². The van der Waals surface area contributed by atoms with Crippen LogP contribution in [0.15, 0.2) is 39.7 Å². The number of nitrogens with zero attached hydrogens (tertiary/aromatic N) is 2. The van der Waals surface area contributed by atoms with Gasteiger partial charge in [0.2, 0.25) is 0 Å². The molecule has 0 aliphatic carbocycles. The van der Waals surface area contributed by atoms with Crippen LogP contribution in [0.2, 0.25) is 0 Å². The molecule has 0 radical (unpaired) electrons. The van der Waals surface area contributed by atoms with Crippen molar-refractivity contribution in [3.8, 4) is 11.1 Å². The number of hydrogen-bond acceptors (Lipinski definition) is 3. The fourth-order valence-corrected chi connectivity index (χ4v) is 1.89. The van der Waals surface area contributed by atoms with E-state index in [-0.39, 0.29) is 5.56 Å². The summed E-state index contributed by atoms with van der Waals surface area (Å²) in [6, 6.07) is 7.63. The molecule has 1 aromatic carbocycles. The maximum atomic E-state index is 12.1. The maximum absolute atomic E-state index is 12.1. The predicted octanol–water partition coefficient (Wildman–Crippen LogP) is 2.25. The zero-order valence-electron chi connectivity index (χ0n) is 9.57. The Kier molecular flexibility index (Phi) is 3.28. The van der Waals surface area contributed by atoms with Crippen LogP contribution in [-0.4, -0.2) is 16.8 Å². The number of anilines is 1. The first-order chi connectivity index (χ1) is 8.13. The standard InChI is InChI=1S/C12H12BrN3O/c1-14-10-7-15-16(2)12(17)11(10)8-3-5-9(13)6-4-8/h3-7,14H,1-2H3. The summed E-state index contributed by atoms with van der Waals surface area (Å²) in [5, 5.41) is 6.97. The van der Waals surface area contributed by atoms with E-state index in [1.54, 1.807) is 20.3 Å². The normalized spacial score (nSPS) is 10.3. The molecule has 0 aliphatic rings. The summed E-state index contributed by atoms with van der Waals surface area (Å²) < 4.78 is 2.32. The minimum absolute atomic E-state index is 0.112. The van der Waals surface area contributed by atoms with Crippen LogP contribution in [0.4, 0.5) is 5.69 Å². The third kappa shape index (κ3) is 2.24. The highest BCUT2D eigenvalue weighted by molar-refractivity contribution is 9.10. The van der Waals surface area contributed by atoms with E-state index in [0.29, 0.717) is 5.56 Å². The van der Waals surface area contributed by atoms with Crippen LogP contribution in [0.25, 0.3) is 11.1 Å². The van der Waals surface area contributed by atoms with Crippen LogP contribution >= 0.6 is 15.9 Å². The van der Waals surface area contributed by atoms with Crippen molar-refractivity contribution in [1.29, 1.82) is 0 Å². The fraction of sp³-hybridized carbons (Fsp3) is 0.167. The van der Waals surface area contributed by atoms with Crippen molar-refractivity contribution in [3.63, 3.8) is 0 Å². The second-order valence-electron chi connectivity index (χ2n) is 3.62. The SMILES string of the molecule is CNc1cnn(C)c(=O)c1-c1ccc(Br)cc1. The largest absolute Gasteiger partial charge is 0.386 e. The number of benzene rings is 1. The molecule has 0 spiro atoms. The Hall–Kier alpha value is -1.62. The predicted molar refractivity (Wildman–Crippen MR) is 72.2 cm³/mol. The van der Waals surface area contributed by atoms with E-state index in [2.05, 4.69) is 26.3 Å². The molecule has 4 nitrogen and oxygen atoms in total. The van der Waals surface area contributed by atoms with Crippen molar-refractivity contribution >= 4 is 21.6 Å². The highest BCUT2D eigenvalue weighted by Gasteiger charge is 2.10. The maximum Gasteiger partial charge on any atom is 0.276 e. The van der Waals surface area contributed by atoms with Gasteiger partial charge in [-0.2, -0.15) is 5.10 Å². The molecule has 88 valence electrons. The van der Waals surface area contributed by atoms with Crippen LogP contribution in [0.5, 0.6) is 0 Å². The van der Waals surface area contributed by atoms with Crippen molar-refractivity contribution in [2.75, 3.05) is 12.4 Å². The summed E-state index contributed by atoms with van der Waals surface area (Å²) in [6.07, 6.45) is 1.65. The highest BCUT2D eigenvalue weighted by atomic mass is 79.9. The molecule has 1 N–H and O–H groups in total. The van der Waals surface area contributed by atoms with Crippen LogP contribution in [-0.2, 0) is 7.05 Å². The van der Waals surface area contributed by atoms with Gasteiger partial charge in [-0.05, 0) is 17.7 Å². The lowest BCUT2D eigenvalue weighted by Gasteiger charge is -2.09. The Morgan fingerprint density at radius 3 is 2.53 bits per heavy atom. The molecule has 0 bridgehead atoms. The van der Waals surface area contributed by atoms with Gasteiger partial charge in [0.15, 0.2) is 0 Å². The van der Waals surface area contributed by atoms with E-state index in [1.807, 2.05) is 24.3 Å². The second-order valence-corrected chi connectivity index (χ2v) is 4.53. The molecule has 0 unspecified atom stereocenters. The Labute approximate surface area is 107 Å². The summed E-state index contributed by atoms with van der Waals surface area (Å²) >= 11 is 3.38. The van der Waals surface area contributed by atoms with E-state index in [4.69, 9.17) is 0 Å². The van der Waals surface area contributed by atoms with Crippen molar-refractivity contribution in [2.24, 2.45) is 7.05 Å². The van der Waals surface area contributed by atoms with Gasteiger partial charge in [-0.1, -0.05) is 28.1 Å². The smallest absolute Gasteiger partial charge is 0.276 e. The van der Waals surface area contributed by atoms with Crippen molar-refractivity contribution in [2.45, 2.75) is 0 Å². The first-order valence-corrected chi connectivity index (χ1v) is 5.93. The van der Waals surface area contributed by atoms with Gasteiger partial charge in [-0.3, -0.25) is 4.79 Å². The molecular formula is C12H12BrN3O. The van der Waals surface area contributed by atoms with Crippen LogP contribution in [0.3, 0.4) is 0 Å². The third-order valence-corrected chi connectivity index (χ3v) is 3.07. The van der Waals surface area contributed by atoms with Gasteiger partial charge >= 0.3 is 0 Å². The molecule has 0 saturated carbocycles. The minimum Gasteiger partial charge on any atom is -0.386 e. The minimum atomic E-state index is -0.112. The Balaban J connectivity index is 2.69. The molecule has 5 heteroatoms. The monoisotopic (exact) mass is 293 g/mol. The number of rotatable bonds is 2. The molecule has 2 rings (SSSR count). The van der Waals surface area contributed by atoms with E-state index in [0.717, 1.165) is 15.7 Å². The molecule has 0 aliphatic heterocycles. The first kappa shape index (κ1) is 11.9. The van der Waals surface area contributed by atoms with E-state index in [9.17, 15) is 4.79 Å². The fourth-order valence-electron chi connectivity index (χ4n) is 1.62. The van der Waals surface area contributed by atoms with Gasteiger partial charge in [-0.25, -0.2) is 4.68 Å². The van der Waals surface area contributed by atoms with E-state index < -0.39 is 0 Å². The van der Waals surface area contributed by atoms with Gasteiger partial charge in [0.05, 0.1) is 17.4 Å². The van der Waals surface area contributed by atoms with Gasteiger partial charge < -0.3 is 5.32 Å². The molecule has 1 aromatic heterocycles. The van der Waals surface area contributed by atoms with Gasteiger partial charge in [-0.15, -0.1) is 0 Å². The van der Waals surface area contributed by atoms with Crippen molar-refractivity contribution in [1.82, 2.24) is 9.78 Å². The lowest BCUT2D eigenvalue weighted by Crippen LogP contribution is -2.22. The number of aromatic nitrogens is 2. The highest BCUT2D eigenvalue weighted by Crippen LogP contribution is 2.24. The zero-order chi connectivity index (χ0) is 12.4. The summed E-state index contributed by atoms with van der Waals surface area (Å²) in [5.74, 6) is 0. The van der Waals surface area contributed by atoms with Crippen LogP contribution in [0, 0.1) is 0 Å². The molecular weight excluding hydrogens is 282 g/mol. The molecule has 2 aromatic rings. The zero-order valence-corrected chi connectivity index (χ0v) is 11.2. The van der Waals surface area contributed by atoms with E-state index in [1.165, 1.54) is 4.68 Å². The summed E-state index contributed by atoms with van der Waals surface area (Å²) in [4.78, 5) is 12.1. The summed E-state index contributed by atoms with van der Waals surface area (Å²) in [7, 11) is 3.42. The number of hydrogen-bond donors (Lipinski definition) is 1. The number of halogens is 1. The Morgan fingerprint density at radius 1 is 1.29 bits per heavy atom. The van der Waals surface area contributed by atoms with Crippen LogP contribution in [0.1, 0.15) is 0 Å². The molecule has 1 heterocycles. The topological polar surface area (TPSA) is 46.9 Å². The molecule has 0 amide bonds. The second kappa shape index (κ2) is 4.71. The molecule has 0 fully saturated rings. The molecule has 17 heavy (non-hydrogen) atoms. The third-order valence-electron chi connectivity index (χ3n) is 2.54. The molecule has 0 atom stereocenters. The number of aryl methyl sites for hydroxylation is 1. The van der Waals surface area contributed by atoms with Crippen molar-refractivity contribution < 1.29 is 0 Å². The summed E-state index contributed by atoms with van der Waals surface area (Å²) in [6.45, 7) is 0. The lowest BCUT2D eigenvalue weighted by molar-refractivity contribution is 0.710. The van der Waals surface area contributed by atoms with Crippen molar-refractivity contribution in [3.05, 3.63) is 45.3 Å². The lowest BCUT2D eigenvalue weighted by atomic mass is 10.1. The quantitative estimate of drug-likeness (QED) is 0.924. The first-order valence-electron chi connectivity index (χ1n) is 5.13. The average Bonchev–Trinajstić information content (AvgIpc) is 2.34. The van der Waals surface area contributed by atoms with Gasteiger partial charge in [0.25, 0.3) is 5.56 Å². The number of nitrogens with one attached hydrogen (secondary N) is 1. The van der Waals surface area contributed by atoms with Gasteiger partial charge in [0.1, 0.15) is 0 Å². The summed E-state index contributed by atoms with van der Waals surface area (Å²) in [5.41, 5.74) is 2.13. The Bertz CT molecular complexity index is 590. The van der Waals surface area contributed by atoms with Crippen LogP contribution < -0.4 is 10.9 Å².